The predicted molar refractivity (Wildman–Crippen MR) is 132 cm³/mol. The molecule has 0 aliphatic heterocycles. The zero-order chi connectivity index (χ0) is 26.9. The Labute approximate surface area is 209 Å². The molecule has 0 saturated heterocycles. The smallest absolute Gasteiger partial charge is 0.407 e. The highest BCUT2D eigenvalue weighted by Crippen LogP contribution is 2.34. The predicted octanol–water partition coefficient (Wildman–Crippen LogP) is 5.41. The molecule has 6 nitrogen and oxygen atoms in total. The molecule has 2 aromatic carbocycles. The lowest BCUT2D eigenvalue weighted by Gasteiger charge is -2.31. The molecule has 0 spiro atoms. The summed E-state index contributed by atoms with van der Waals surface area (Å²) in [6.45, 7) is 4.57. The van der Waals surface area contributed by atoms with Gasteiger partial charge in [0.25, 0.3) is 0 Å². The van der Waals surface area contributed by atoms with Crippen LogP contribution in [0.15, 0.2) is 48.5 Å². The first kappa shape index (κ1) is 29.2. The van der Waals surface area contributed by atoms with Crippen LogP contribution in [-0.4, -0.2) is 50.6 Å². The van der Waals surface area contributed by atoms with Gasteiger partial charge in [-0.15, -0.1) is 0 Å². The largest absolute Gasteiger partial charge is 0.497 e. The molecule has 0 saturated carbocycles. The molecule has 0 bridgehead atoms. The standard InChI is InChI=1S/C26H35F4N3O3/c1-6-18(16-31-20-13-12-19(35-4)14-22(20)36-5)32-24(34)21(15-25(2,3)27)33-23(26(28,29)30)17-10-8-7-9-11-17/h7-14,18,21,23,31,33H,6,15-16H2,1-5H3,(H,32,34)/t18-,21-,23-/m0/s1. The van der Waals surface area contributed by atoms with Crippen molar-refractivity contribution in [2.75, 3.05) is 26.1 Å². The van der Waals surface area contributed by atoms with E-state index in [1.54, 1.807) is 24.3 Å². The van der Waals surface area contributed by atoms with E-state index in [2.05, 4.69) is 16.0 Å². The van der Waals surface area contributed by atoms with Crippen molar-refractivity contribution in [3.63, 3.8) is 0 Å². The van der Waals surface area contributed by atoms with Gasteiger partial charge in [0.2, 0.25) is 5.91 Å². The fourth-order valence-electron chi connectivity index (χ4n) is 3.72. The van der Waals surface area contributed by atoms with Crippen molar-refractivity contribution in [1.29, 1.82) is 0 Å². The molecule has 0 heterocycles. The summed E-state index contributed by atoms with van der Waals surface area (Å²) >= 11 is 0. The van der Waals surface area contributed by atoms with Gasteiger partial charge in [-0.2, -0.15) is 13.2 Å². The number of hydrogen-bond donors (Lipinski definition) is 3. The summed E-state index contributed by atoms with van der Waals surface area (Å²) in [4.78, 5) is 13.1. The van der Waals surface area contributed by atoms with Gasteiger partial charge in [-0.05, 0) is 38.0 Å². The summed E-state index contributed by atoms with van der Waals surface area (Å²) in [5, 5.41) is 8.31. The number of rotatable bonds is 13. The third-order valence-electron chi connectivity index (χ3n) is 5.62. The van der Waals surface area contributed by atoms with Crippen molar-refractivity contribution >= 4 is 11.6 Å². The van der Waals surface area contributed by atoms with E-state index >= 15 is 0 Å². The molecule has 10 heteroatoms. The molecule has 0 aliphatic rings. The molecule has 0 unspecified atom stereocenters. The monoisotopic (exact) mass is 513 g/mol. The fourth-order valence-corrected chi connectivity index (χ4v) is 3.72. The maximum Gasteiger partial charge on any atom is 0.407 e. The van der Waals surface area contributed by atoms with Crippen LogP contribution in [0.2, 0.25) is 0 Å². The summed E-state index contributed by atoms with van der Waals surface area (Å²) in [6, 6.07) is 8.44. The van der Waals surface area contributed by atoms with Crippen LogP contribution in [0.4, 0.5) is 23.2 Å². The number of anilines is 1. The van der Waals surface area contributed by atoms with Crippen LogP contribution in [0, 0.1) is 0 Å². The topological polar surface area (TPSA) is 71.6 Å². The van der Waals surface area contributed by atoms with E-state index in [0.29, 0.717) is 23.6 Å². The normalized spacial score (nSPS) is 14.5. The van der Waals surface area contributed by atoms with Gasteiger partial charge in [-0.3, -0.25) is 10.1 Å². The van der Waals surface area contributed by atoms with Gasteiger partial charge in [0.1, 0.15) is 23.2 Å². The summed E-state index contributed by atoms with van der Waals surface area (Å²) in [5.41, 5.74) is -1.27. The highest BCUT2D eigenvalue weighted by Gasteiger charge is 2.43. The molecule has 0 aromatic heterocycles. The molecule has 2 rings (SSSR count). The molecule has 3 atom stereocenters. The highest BCUT2D eigenvalue weighted by atomic mass is 19.4. The van der Waals surface area contributed by atoms with Gasteiger partial charge >= 0.3 is 6.18 Å². The number of carbonyl (C=O) groups is 1. The SMILES string of the molecule is CC[C@@H](CNc1ccc(OC)cc1OC)NC(=O)[C@H](CC(C)(C)F)N[C@@H](c1ccccc1)C(F)(F)F. The maximum atomic E-state index is 14.5. The van der Waals surface area contributed by atoms with Gasteiger partial charge in [0, 0.05) is 25.1 Å². The molecule has 0 radical (unpaired) electrons. The van der Waals surface area contributed by atoms with Crippen LogP contribution in [0.3, 0.4) is 0 Å². The summed E-state index contributed by atoms with van der Waals surface area (Å²) in [5.74, 6) is 0.435. The number of ether oxygens (including phenoxy) is 2. The minimum Gasteiger partial charge on any atom is -0.497 e. The lowest BCUT2D eigenvalue weighted by atomic mass is 9.97. The molecule has 0 aliphatic carbocycles. The Morgan fingerprint density at radius 3 is 2.19 bits per heavy atom. The molecule has 3 N–H and O–H groups in total. The van der Waals surface area contributed by atoms with Crippen molar-refractivity contribution in [3.05, 3.63) is 54.1 Å². The molecule has 1 amide bonds. The van der Waals surface area contributed by atoms with Crippen molar-refractivity contribution in [2.24, 2.45) is 0 Å². The number of alkyl halides is 4. The van der Waals surface area contributed by atoms with Crippen molar-refractivity contribution in [3.8, 4) is 11.5 Å². The fraction of sp³-hybridized carbons (Fsp3) is 0.500. The Morgan fingerprint density at radius 1 is 1.00 bits per heavy atom. The molecular formula is C26H35F4N3O3. The number of methoxy groups -OCH3 is 2. The van der Waals surface area contributed by atoms with Crippen LogP contribution in [-0.2, 0) is 4.79 Å². The number of benzene rings is 2. The molecule has 36 heavy (non-hydrogen) atoms. The maximum absolute atomic E-state index is 14.5. The third kappa shape index (κ3) is 8.89. The van der Waals surface area contributed by atoms with Gasteiger partial charge < -0.3 is 20.1 Å². The zero-order valence-electron chi connectivity index (χ0n) is 21.2. The Bertz CT molecular complexity index is 965. The lowest BCUT2D eigenvalue weighted by Crippen LogP contribution is -2.53. The van der Waals surface area contributed by atoms with Crippen molar-refractivity contribution in [1.82, 2.24) is 10.6 Å². The van der Waals surface area contributed by atoms with E-state index < -0.39 is 42.3 Å². The van der Waals surface area contributed by atoms with E-state index in [1.807, 2.05) is 6.92 Å². The lowest BCUT2D eigenvalue weighted by molar-refractivity contribution is -0.161. The first-order valence-corrected chi connectivity index (χ1v) is 11.7. The third-order valence-corrected chi connectivity index (χ3v) is 5.62. The van der Waals surface area contributed by atoms with Crippen LogP contribution in [0.5, 0.6) is 11.5 Å². The second kappa shape index (κ2) is 12.8. The minimum atomic E-state index is -4.68. The van der Waals surface area contributed by atoms with Crippen LogP contribution < -0.4 is 25.4 Å². The number of hydrogen-bond acceptors (Lipinski definition) is 5. The second-order valence-electron chi connectivity index (χ2n) is 9.09. The van der Waals surface area contributed by atoms with E-state index in [9.17, 15) is 22.4 Å². The average molecular weight is 514 g/mol. The number of amides is 1. The van der Waals surface area contributed by atoms with Crippen LogP contribution in [0.25, 0.3) is 0 Å². The first-order valence-electron chi connectivity index (χ1n) is 11.7. The highest BCUT2D eigenvalue weighted by molar-refractivity contribution is 5.82. The average Bonchev–Trinajstić information content (AvgIpc) is 2.83. The van der Waals surface area contributed by atoms with Gasteiger partial charge in [0.05, 0.1) is 25.9 Å². The van der Waals surface area contributed by atoms with Crippen LogP contribution in [0.1, 0.15) is 45.2 Å². The quantitative estimate of drug-likeness (QED) is 0.313. The van der Waals surface area contributed by atoms with Crippen LogP contribution >= 0.6 is 0 Å². The Balaban J connectivity index is 2.18. The first-order chi connectivity index (χ1) is 16.9. The molecule has 200 valence electrons. The number of nitrogens with one attached hydrogen (secondary N) is 3. The summed E-state index contributed by atoms with van der Waals surface area (Å²) in [7, 11) is 3.05. The molecule has 2 aromatic rings. The zero-order valence-corrected chi connectivity index (χ0v) is 21.2. The van der Waals surface area contributed by atoms with Crippen molar-refractivity contribution in [2.45, 2.75) is 63.6 Å². The van der Waals surface area contributed by atoms with E-state index in [1.165, 1.54) is 52.3 Å². The van der Waals surface area contributed by atoms with Gasteiger partial charge in [-0.25, -0.2) is 4.39 Å². The molecule has 0 fully saturated rings. The Hall–Kier alpha value is -3.01. The second-order valence-corrected chi connectivity index (χ2v) is 9.09. The minimum absolute atomic E-state index is 0.0558. The van der Waals surface area contributed by atoms with Crippen molar-refractivity contribution < 1.29 is 31.8 Å². The Kier molecular flexibility index (Phi) is 10.4. The summed E-state index contributed by atoms with van der Waals surface area (Å²) in [6.07, 6.45) is -4.63. The van der Waals surface area contributed by atoms with E-state index in [4.69, 9.17) is 9.47 Å². The molecular weight excluding hydrogens is 478 g/mol. The Morgan fingerprint density at radius 2 is 1.67 bits per heavy atom. The number of halogens is 4. The van der Waals surface area contributed by atoms with Gasteiger partial charge in [0.15, 0.2) is 0 Å². The van der Waals surface area contributed by atoms with E-state index in [-0.39, 0.29) is 12.1 Å². The number of carbonyl (C=O) groups excluding carboxylic acids is 1. The van der Waals surface area contributed by atoms with E-state index in [0.717, 1.165) is 0 Å². The van der Waals surface area contributed by atoms with Gasteiger partial charge in [-0.1, -0.05) is 37.3 Å². The summed E-state index contributed by atoms with van der Waals surface area (Å²) < 4.78 is 66.8.